The summed E-state index contributed by atoms with van der Waals surface area (Å²) < 4.78 is 5.90. The SMILES string of the molecule is CCCCCCCC/C=C\C/C=C/CCC(=O)OC(CCCCC/C=C/CCCCCCCCCCC)CC(=O)NC(CO)C(O)CCCCCCCCCCCCCCCCC. The summed E-state index contributed by atoms with van der Waals surface area (Å²) in [4.78, 5) is 26.2. The predicted molar refractivity (Wildman–Crippen MR) is 273 cm³/mol. The van der Waals surface area contributed by atoms with Crippen molar-refractivity contribution in [2.45, 2.75) is 309 Å². The molecule has 1 amide bonds. The summed E-state index contributed by atoms with van der Waals surface area (Å²) >= 11 is 0. The number of rotatable bonds is 50. The number of carbonyl (C=O) groups is 2. The molecule has 0 spiro atoms. The van der Waals surface area contributed by atoms with Crippen molar-refractivity contribution < 1.29 is 24.5 Å². The molecule has 0 aromatic carbocycles. The lowest BCUT2D eigenvalue weighted by Crippen LogP contribution is -2.46. The molecule has 3 N–H and O–H groups in total. The maximum absolute atomic E-state index is 13.2. The van der Waals surface area contributed by atoms with Crippen molar-refractivity contribution in [2.24, 2.45) is 0 Å². The van der Waals surface area contributed by atoms with Crippen molar-refractivity contribution in [3.8, 4) is 0 Å². The van der Waals surface area contributed by atoms with Gasteiger partial charge >= 0.3 is 5.97 Å². The molecule has 0 aromatic heterocycles. The second-order valence-corrected chi connectivity index (χ2v) is 19.0. The molecule has 0 fully saturated rings. The van der Waals surface area contributed by atoms with Gasteiger partial charge in [-0.3, -0.25) is 9.59 Å². The average molecular weight is 886 g/mol. The molecule has 63 heavy (non-hydrogen) atoms. The number of ether oxygens (including phenoxy) is 1. The number of esters is 1. The van der Waals surface area contributed by atoms with Crippen molar-refractivity contribution >= 4 is 11.9 Å². The fourth-order valence-electron chi connectivity index (χ4n) is 8.48. The Balaban J connectivity index is 4.62. The lowest BCUT2D eigenvalue weighted by molar-refractivity contribution is -0.150. The summed E-state index contributed by atoms with van der Waals surface area (Å²) in [5, 5.41) is 23.8. The number of hydrogen-bond acceptors (Lipinski definition) is 5. The molecule has 0 heterocycles. The van der Waals surface area contributed by atoms with Gasteiger partial charge in [0.05, 0.1) is 25.2 Å². The largest absolute Gasteiger partial charge is 0.462 e. The highest BCUT2D eigenvalue weighted by molar-refractivity contribution is 5.77. The van der Waals surface area contributed by atoms with Crippen LogP contribution in [0.3, 0.4) is 0 Å². The molecule has 3 atom stereocenters. The fourth-order valence-corrected chi connectivity index (χ4v) is 8.48. The van der Waals surface area contributed by atoms with Crippen LogP contribution in [0.5, 0.6) is 0 Å². The van der Waals surface area contributed by atoms with Gasteiger partial charge < -0.3 is 20.3 Å². The molecule has 0 aliphatic carbocycles. The van der Waals surface area contributed by atoms with Gasteiger partial charge in [-0.15, -0.1) is 0 Å². The van der Waals surface area contributed by atoms with Crippen molar-refractivity contribution in [1.82, 2.24) is 5.32 Å². The van der Waals surface area contributed by atoms with Crippen LogP contribution < -0.4 is 5.32 Å². The molecule has 0 bridgehead atoms. The minimum Gasteiger partial charge on any atom is -0.462 e. The summed E-state index contributed by atoms with van der Waals surface area (Å²) in [7, 11) is 0. The molecule has 0 aliphatic rings. The van der Waals surface area contributed by atoms with E-state index in [9.17, 15) is 19.8 Å². The van der Waals surface area contributed by atoms with Gasteiger partial charge in [-0.25, -0.2) is 0 Å². The number of hydrogen-bond donors (Lipinski definition) is 3. The van der Waals surface area contributed by atoms with Gasteiger partial charge in [-0.1, -0.05) is 243 Å². The number of nitrogens with one attached hydrogen (secondary N) is 1. The first-order valence-electron chi connectivity index (χ1n) is 27.7. The molecule has 0 aliphatic heterocycles. The van der Waals surface area contributed by atoms with Crippen LogP contribution in [-0.4, -0.2) is 46.9 Å². The summed E-state index contributed by atoms with van der Waals surface area (Å²) in [6.45, 7) is 6.48. The van der Waals surface area contributed by atoms with Crippen LogP contribution in [0.1, 0.15) is 290 Å². The van der Waals surface area contributed by atoms with Crippen molar-refractivity contribution in [2.75, 3.05) is 6.61 Å². The molecule has 0 saturated heterocycles. The highest BCUT2D eigenvalue weighted by atomic mass is 16.5. The van der Waals surface area contributed by atoms with Crippen molar-refractivity contribution in [1.29, 1.82) is 0 Å². The lowest BCUT2D eigenvalue weighted by atomic mass is 10.0. The Morgan fingerprint density at radius 2 is 0.810 bits per heavy atom. The zero-order chi connectivity index (χ0) is 45.9. The standard InChI is InChI=1S/C57H107NO5/c1-4-7-10-13-16-19-22-25-27-29-31-33-36-39-42-45-48-53(63-57(62)50-47-44-41-38-35-30-24-21-18-15-12-9-6-3)51-56(61)58-54(52-59)55(60)49-46-43-40-37-34-32-28-26-23-20-17-14-11-8-5-2/h30-31,33,35,41,44,53-55,59-60H,4-29,32,34,36-40,42-43,45-52H2,1-3H3,(H,58,61)/b33-31+,35-30-,44-41+. The fraction of sp³-hybridized carbons (Fsp3) is 0.860. The van der Waals surface area contributed by atoms with Gasteiger partial charge in [0.25, 0.3) is 0 Å². The first kappa shape index (κ1) is 61.1. The summed E-state index contributed by atoms with van der Waals surface area (Å²) in [6, 6.07) is -0.715. The second kappa shape index (κ2) is 51.1. The van der Waals surface area contributed by atoms with Gasteiger partial charge in [0.1, 0.15) is 6.10 Å². The van der Waals surface area contributed by atoms with Crippen LogP contribution in [-0.2, 0) is 14.3 Å². The Hall–Kier alpha value is -1.92. The van der Waals surface area contributed by atoms with E-state index in [4.69, 9.17) is 4.74 Å². The molecule has 0 aromatic rings. The highest BCUT2D eigenvalue weighted by Gasteiger charge is 2.24. The zero-order valence-corrected chi connectivity index (χ0v) is 42.2. The van der Waals surface area contributed by atoms with E-state index in [2.05, 4.69) is 56.5 Å². The third-order valence-corrected chi connectivity index (χ3v) is 12.7. The van der Waals surface area contributed by atoms with Gasteiger partial charge in [0.2, 0.25) is 5.91 Å². The third-order valence-electron chi connectivity index (χ3n) is 12.7. The molecular weight excluding hydrogens is 779 g/mol. The van der Waals surface area contributed by atoms with E-state index in [1.54, 1.807) is 0 Å². The maximum atomic E-state index is 13.2. The van der Waals surface area contributed by atoms with Crippen molar-refractivity contribution in [3.63, 3.8) is 0 Å². The quantitative estimate of drug-likeness (QED) is 0.0321. The average Bonchev–Trinajstić information content (AvgIpc) is 3.28. The Labute approximate surface area is 392 Å². The summed E-state index contributed by atoms with van der Waals surface area (Å²) in [5.41, 5.74) is 0. The predicted octanol–water partition coefficient (Wildman–Crippen LogP) is 16.8. The van der Waals surface area contributed by atoms with Crippen LogP contribution in [0, 0.1) is 0 Å². The molecule has 6 nitrogen and oxygen atoms in total. The number of aliphatic hydroxyl groups is 2. The first-order valence-corrected chi connectivity index (χ1v) is 27.7. The number of carbonyl (C=O) groups excluding carboxylic acids is 2. The zero-order valence-electron chi connectivity index (χ0n) is 42.2. The Morgan fingerprint density at radius 3 is 1.24 bits per heavy atom. The van der Waals surface area contributed by atoms with E-state index >= 15 is 0 Å². The smallest absolute Gasteiger partial charge is 0.306 e. The topological polar surface area (TPSA) is 95.9 Å². The second-order valence-electron chi connectivity index (χ2n) is 19.0. The van der Waals surface area contributed by atoms with E-state index < -0.39 is 18.2 Å². The van der Waals surface area contributed by atoms with Crippen LogP contribution in [0.25, 0.3) is 0 Å². The number of aliphatic hydroxyl groups excluding tert-OH is 2. The van der Waals surface area contributed by atoms with Gasteiger partial charge in [0, 0.05) is 6.42 Å². The van der Waals surface area contributed by atoms with Crippen molar-refractivity contribution in [3.05, 3.63) is 36.5 Å². The van der Waals surface area contributed by atoms with Crippen LogP contribution >= 0.6 is 0 Å². The third kappa shape index (κ3) is 46.4. The van der Waals surface area contributed by atoms with E-state index in [0.717, 1.165) is 64.2 Å². The van der Waals surface area contributed by atoms with Gasteiger partial charge in [-0.05, 0) is 70.6 Å². The monoisotopic (exact) mass is 886 g/mol. The number of unbranched alkanes of at least 4 members (excludes halogenated alkanes) is 32. The van der Waals surface area contributed by atoms with Crippen LogP contribution in [0.15, 0.2) is 36.5 Å². The molecule has 0 radical (unpaired) electrons. The van der Waals surface area contributed by atoms with E-state index in [1.165, 1.54) is 173 Å². The molecule has 370 valence electrons. The van der Waals surface area contributed by atoms with E-state index in [0.29, 0.717) is 19.3 Å². The number of amides is 1. The minimum atomic E-state index is -0.799. The minimum absolute atomic E-state index is 0.0474. The normalized spacial score (nSPS) is 13.4. The first-order chi connectivity index (χ1) is 31.0. The Morgan fingerprint density at radius 1 is 0.460 bits per heavy atom. The molecule has 3 unspecified atom stereocenters. The lowest BCUT2D eigenvalue weighted by Gasteiger charge is -2.24. The van der Waals surface area contributed by atoms with E-state index in [1.807, 2.05) is 6.08 Å². The Bertz CT molecular complexity index is 1040. The van der Waals surface area contributed by atoms with Gasteiger partial charge in [0.15, 0.2) is 0 Å². The van der Waals surface area contributed by atoms with E-state index in [-0.39, 0.29) is 31.3 Å². The van der Waals surface area contributed by atoms with Gasteiger partial charge in [-0.2, -0.15) is 0 Å². The number of allylic oxidation sites excluding steroid dienone is 6. The summed E-state index contributed by atoms with van der Waals surface area (Å²) in [6.07, 6.45) is 60.7. The molecule has 0 rings (SSSR count). The van der Waals surface area contributed by atoms with Crippen LogP contribution in [0.2, 0.25) is 0 Å². The maximum Gasteiger partial charge on any atom is 0.306 e. The van der Waals surface area contributed by atoms with Crippen LogP contribution in [0.4, 0.5) is 0 Å². The highest BCUT2D eigenvalue weighted by Crippen LogP contribution is 2.18. The molecule has 6 heteroatoms. The Kier molecular flexibility index (Phi) is 49.5. The molecular formula is C57H107NO5. The summed E-state index contributed by atoms with van der Waals surface area (Å²) in [5.74, 6) is -0.558. The molecule has 0 saturated carbocycles.